The number of aryl methyl sites for hydroxylation is 2. The van der Waals surface area contributed by atoms with E-state index in [0.29, 0.717) is 24.0 Å². The van der Waals surface area contributed by atoms with E-state index in [-0.39, 0.29) is 11.9 Å². The van der Waals surface area contributed by atoms with Gasteiger partial charge in [0.1, 0.15) is 0 Å². The van der Waals surface area contributed by atoms with Gasteiger partial charge in [-0.05, 0) is 69.5 Å². The molecule has 5 heteroatoms. The second kappa shape index (κ2) is 8.91. The summed E-state index contributed by atoms with van der Waals surface area (Å²) < 4.78 is 0. The molecule has 30 heavy (non-hydrogen) atoms. The Balaban J connectivity index is 1.64. The third-order valence-corrected chi connectivity index (χ3v) is 6.66. The van der Waals surface area contributed by atoms with E-state index in [2.05, 4.69) is 43.9 Å². The number of amides is 1. The number of carbonyl (C=O) groups is 1. The van der Waals surface area contributed by atoms with Gasteiger partial charge in [-0.3, -0.25) is 9.69 Å². The van der Waals surface area contributed by atoms with Gasteiger partial charge in [0.2, 0.25) is 0 Å². The van der Waals surface area contributed by atoms with E-state index in [1.54, 1.807) is 5.01 Å². The highest BCUT2D eigenvalue weighted by molar-refractivity contribution is 6.30. The smallest absolute Gasteiger partial charge is 0.257 e. The van der Waals surface area contributed by atoms with Crippen LogP contribution < -0.4 is 0 Å². The lowest BCUT2D eigenvalue weighted by Crippen LogP contribution is -2.44. The lowest BCUT2D eigenvalue weighted by Gasteiger charge is -2.34. The average Bonchev–Trinajstić information content (AvgIpc) is 3.17. The summed E-state index contributed by atoms with van der Waals surface area (Å²) in [5.41, 5.74) is 5.58. The standard InChI is InChI=1S/C25H30ClN3O/c1-17-7-8-18(2)22(14-17)23-15-24(20-9-11-21(26)12-10-20)29(27-23)25(30)16-28-13-5-4-6-19(28)3/h7-12,14,19,24H,4-6,13,15-16H2,1-3H3/t19-,24-/m1/s1. The second-order valence-corrected chi connectivity index (χ2v) is 9.13. The summed E-state index contributed by atoms with van der Waals surface area (Å²) in [6.45, 7) is 7.83. The molecule has 2 aliphatic heterocycles. The van der Waals surface area contributed by atoms with Crippen molar-refractivity contribution in [2.75, 3.05) is 13.1 Å². The highest BCUT2D eigenvalue weighted by Gasteiger charge is 2.35. The van der Waals surface area contributed by atoms with E-state index < -0.39 is 0 Å². The van der Waals surface area contributed by atoms with Gasteiger partial charge in [-0.25, -0.2) is 5.01 Å². The van der Waals surface area contributed by atoms with Gasteiger partial charge in [0.15, 0.2) is 0 Å². The fourth-order valence-corrected chi connectivity index (χ4v) is 4.66. The number of hydrogen-bond donors (Lipinski definition) is 0. The van der Waals surface area contributed by atoms with Gasteiger partial charge >= 0.3 is 0 Å². The molecule has 0 radical (unpaired) electrons. The molecule has 4 nitrogen and oxygen atoms in total. The molecule has 1 fully saturated rings. The Bertz CT molecular complexity index is 953. The number of nitrogens with zero attached hydrogens (tertiary/aromatic N) is 3. The van der Waals surface area contributed by atoms with Crippen LogP contribution in [0, 0.1) is 13.8 Å². The molecule has 0 spiro atoms. The molecule has 2 heterocycles. The molecular weight excluding hydrogens is 394 g/mol. The van der Waals surface area contributed by atoms with Gasteiger partial charge in [0.05, 0.1) is 18.3 Å². The van der Waals surface area contributed by atoms with Crippen molar-refractivity contribution in [3.8, 4) is 0 Å². The summed E-state index contributed by atoms with van der Waals surface area (Å²) in [4.78, 5) is 15.7. The number of rotatable bonds is 4. The van der Waals surface area contributed by atoms with Gasteiger partial charge in [0.25, 0.3) is 5.91 Å². The minimum atomic E-state index is -0.0928. The van der Waals surface area contributed by atoms with Gasteiger partial charge < -0.3 is 0 Å². The van der Waals surface area contributed by atoms with Gasteiger partial charge in [-0.15, -0.1) is 0 Å². The summed E-state index contributed by atoms with van der Waals surface area (Å²) in [6, 6.07) is 14.6. The molecule has 0 aliphatic carbocycles. The van der Waals surface area contributed by atoms with Gasteiger partial charge in [0, 0.05) is 23.0 Å². The molecule has 1 saturated heterocycles. The first-order chi connectivity index (χ1) is 14.4. The van der Waals surface area contributed by atoms with Crippen molar-refractivity contribution in [1.29, 1.82) is 0 Å². The highest BCUT2D eigenvalue weighted by atomic mass is 35.5. The molecular formula is C25H30ClN3O. The Kier molecular flexibility index (Phi) is 6.26. The molecule has 2 aromatic carbocycles. The summed E-state index contributed by atoms with van der Waals surface area (Å²) in [5, 5.41) is 7.30. The first-order valence-corrected chi connectivity index (χ1v) is 11.3. The minimum absolute atomic E-state index is 0.0732. The summed E-state index contributed by atoms with van der Waals surface area (Å²) in [7, 11) is 0. The maximum Gasteiger partial charge on any atom is 0.257 e. The fraction of sp³-hybridized carbons (Fsp3) is 0.440. The topological polar surface area (TPSA) is 35.9 Å². The van der Waals surface area contributed by atoms with Crippen molar-refractivity contribution >= 4 is 23.2 Å². The Morgan fingerprint density at radius 2 is 1.90 bits per heavy atom. The zero-order chi connectivity index (χ0) is 21.3. The molecule has 0 N–H and O–H groups in total. The third kappa shape index (κ3) is 4.45. The van der Waals surface area contributed by atoms with Crippen LogP contribution in [0.15, 0.2) is 47.6 Å². The lowest BCUT2D eigenvalue weighted by molar-refractivity contribution is -0.135. The molecule has 2 aromatic rings. The fourth-order valence-electron chi connectivity index (χ4n) is 4.53. The molecule has 2 atom stereocenters. The number of likely N-dealkylation sites (tertiary alicyclic amines) is 1. The zero-order valence-corrected chi connectivity index (χ0v) is 18.8. The van der Waals surface area contributed by atoms with Crippen molar-refractivity contribution in [2.45, 2.75) is 58.5 Å². The van der Waals surface area contributed by atoms with Gasteiger partial charge in [-0.2, -0.15) is 5.10 Å². The number of hydrogen-bond acceptors (Lipinski definition) is 3. The molecule has 0 aromatic heterocycles. The molecule has 4 rings (SSSR count). The summed E-state index contributed by atoms with van der Waals surface area (Å²) >= 11 is 6.11. The number of carbonyl (C=O) groups excluding carboxylic acids is 1. The first-order valence-electron chi connectivity index (χ1n) is 10.9. The molecule has 158 valence electrons. The molecule has 0 bridgehead atoms. The van der Waals surface area contributed by atoms with E-state index in [1.807, 2.05) is 24.3 Å². The van der Waals surface area contributed by atoms with Gasteiger partial charge in [-0.1, -0.05) is 47.9 Å². The second-order valence-electron chi connectivity index (χ2n) is 8.69. The quantitative estimate of drug-likeness (QED) is 0.650. The molecule has 0 saturated carbocycles. The van der Waals surface area contributed by atoms with E-state index in [9.17, 15) is 4.79 Å². The SMILES string of the molecule is Cc1ccc(C)c(C2=NN(C(=O)CN3CCCC[C@H]3C)[C@@H](c3ccc(Cl)cc3)C2)c1. The van der Waals surface area contributed by atoms with E-state index in [1.165, 1.54) is 17.5 Å². The van der Waals surface area contributed by atoms with Crippen LogP contribution in [-0.4, -0.2) is 40.7 Å². The van der Waals surface area contributed by atoms with E-state index in [0.717, 1.165) is 36.2 Å². The predicted molar refractivity (Wildman–Crippen MR) is 123 cm³/mol. The maximum absolute atomic E-state index is 13.4. The summed E-state index contributed by atoms with van der Waals surface area (Å²) in [6.07, 6.45) is 4.28. The van der Waals surface area contributed by atoms with Crippen molar-refractivity contribution in [3.63, 3.8) is 0 Å². The first kappa shape index (κ1) is 21.1. The van der Waals surface area contributed by atoms with Crippen LogP contribution in [0.3, 0.4) is 0 Å². The largest absolute Gasteiger partial charge is 0.292 e. The van der Waals surface area contributed by atoms with Crippen LogP contribution in [0.1, 0.15) is 60.9 Å². The van der Waals surface area contributed by atoms with Crippen LogP contribution in [0.25, 0.3) is 0 Å². The Labute approximate surface area is 184 Å². The van der Waals surface area contributed by atoms with Crippen molar-refractivity contribution in [3.05, 3.63) is 69.7 Å². The Hall–Kier alpha value is -2.17. The molecule has 2 aliphatic rings. The number of piperidine rings is 1. The van der Waals surface area contributed by atoms with Crippen molar-refractivity contribution in [1.82, 2.24) is 9.91 Å². The number of halogens is 1. The highest BCUT2D eigenvalue weighted by Crippen LogP contribution is 2.34. The Morgan fingerprint density at radius 3 is 2.63 bits per heavy atom. The van der Waals surface area contributed by atoms with E-state index >= 15 is 0 Å². The predicted octanol–water partition coefficient (Wildman–Crippen LogP) is 5.51. The van der Waals surface area contributed by atoms with Crippen LogP contribution >= 0.6 is 11.6 Å². The zero-order valence-electron chi connectivity index (χ0n) is 18.1. The lowest BCUT2D eigenvalue weighted by atomic mass is 9.95. The normalized spacial score (nSPS) is 22.3. The van der Waals surface area contributed by atoms with Crippen LogP contribution in [0.4, 0.5) is 0 Å². The Morgan fingerprint density at radius 1 is 1.13 bits per heavy atom. The van der Waals surface area contributed by atoms with Crippen LogP contribution in [-0.2, 0) is 4.79 Å². The number of benzene rings is 2. The van der Waals surface area contributed by atoms with E-state index in [4.69, 9.17) is 16.7 Å². The molecule has 0 unspecified atom stereocenters. The van der Waals surface area contributed by atoms with Crippen LogP contribution in [0.2, 0.25) is 5.02 Å². The molecule has 1 amide bonds. The summed E-state index contributed by atoms with van der Waals surface area (Å²) in [5.74, 6) is 0.0732. The van der Waals surface area contributed by atoms with Crippen LogP contribution in [0.5, 0.6) is 0 Å². The monoisotopic (exact) mass is 423 g/mol. The number of hydrazone groups is 1. The minimum Gasteiger partial charge on any atom is -0.292 e. The maximum atomic E-state index is 13.4. The van der Waals surface area contributed by atoms with Crippen molar-refractivity contribution < 1.29 is 4.79 Å². The average molecular weight is 424 g/mol. The third-order valence-electron chi connectivity index (χ3n) is 6.40. The van der Waals surface area contributed by atoms with Crippen molar-refractivity contribution in [2.24, 2.45) is 5.10 Å².